The van der Waals surface area contributed by atoms with Gasteiger partial charge in [-0.1, -0.05) is 31.2 Å². The van der Waals surface area contributed by atoms with Crippen molar-refractivity contribution in [1.29, 1.82) is 0 Å². The minimum atomic E-state index is -0.178. The summed E-state index contributed by atoms with van der Waals surface area (Å²) in [5.41, 5.74) is 3.93. The molecule has 0 fully saturated rings. The van der Waals surface area contributed by atoms with E-state index in [9.17, 15) is 9.59 Å². The van der Waals surface area contributed by atoms with Gasteiger partial charge in [0.2, 0.25) is 5.91 Å². The van der Waals surface area contributed by atoms with Crippen LogP contribution >= 0.6 is 0 Å². The van der Waals surface area contributed by atoms with Crippen molar-refractivity contribution in [3.8, 4) is 0 Å². The Morgan fingerprint density at radius 3 is 2.59 bits per heavy atom. The number of amides is 2. The molecule has 6 nitrogen and oxygen atoms in total. The molecular formula is C23H32N4O2. The predicted octanol–water partition coefficient (Wildman–Crippen LogP) is 3.07. The number of carbonyl (C=O) groups is 2. The van der Waals surface area contributed by atoms with E-state index in [4.69, 9.17) is 0 Å². The fraction of sp³-hybridized carbons (Fsp3) is 0.522. The molecular weight excluding hydrogens is 364 g/mol. The Bertz CT molecular complexity index is 854. The van der Waals surface area contributed by atoms with Gasteiger partial charge in [0.15, 0.2) is 0 Å². The van der Waals surface area contributed by atoms with E-state index < -0.39 is 0 Å². The lowest BCUT2D eigenvalue weighted by atomic mass is 9.93. The van der Waals surface area contributed by atoms with Crippen molar-refractivity contribution in [2.75, 3.05) is 6.54 Å². The van der Waals surface area contributed by atoms with Gasteiger partial charge in [-0.05, 0) is 57.1 Å². The molecule has 0 spiro atoms. The van der Waals surface area contributed by atoms with Gasteiger partial charge in [-0.3, -0.25) is 14.3 Å². The molecule has 3 rings (SSSR count). The van der Waals surface area contributed by atoms with E-state index >= 15 is 0 Å². The average Bonchev–Trinajstić information content (AvgIpc) is 3.14. The van der Waals surface area contributed by atoms with Crippen molar-refractivity contribution >= 4 is 11.8 Å². The summed E-state index contributed by atoms with van der Waals surface area (Å²) in [4.78, 5) is 25.1. The summed E-state index contributed by atoms with van der Waals surface area (Å²) >= 11 is 0. The highest BCUT2D eigenvalue weighted by Crippen LogP contribution is 2.23. The van der Waals surface area contributed by atoms with Gasteiger partial charge in [0.05, 0.1) is 23.4 Å². The molecule has 156 valence electrons. The largest absolute Gasteiger partial charge is 0.355 e. The van der Waals surface area contributed by atoms with Gasteiger partial charge in [-0.15, -0.1) is 0 Å². The van der Waals surface area contributed by atoms with Gasteiger partial charge >= 0.3 is 0 Å². The van der Waals surface area contributed by atoms with Crippen LogP contribution in [0.5, 0.6) is 0 Å². The number of fused-ring (bicyclic) bond motifs is 1. The van der Waals surface area contributed by atoms with Crippen molar-refractivity contribution in [1.82, 2.24) is 20.4 Å². The Balaban J connectivity index is 1.57. The number of aryl methyl sites for hydroxylation is 2. The minimum absolute atomic E-state index is 0.0473. The maximum atomic E-state index is 12.6. The van der Waals surface area contributed by atoms with Gasteiger partial charge in [-0.25, -0.2) is 0 Å². The first-order valence-electron chi connectivity index (χ1n) is 10.6. The number of hydrogen-bond donors (Lipinski definition) is 2. The fourth-order valence-electron chi connectivity index (χ4n) is 3.79. The van der Waals surface area contributed by atoms with Crippen LogP contribution in [0.1, 0.15) is 67.2 Å². The number of carbonyl (C=O) groups excluding carboxylic acids is 2. The molecule has 2 aromatic rings. The second-order valence-electron chi connectivity index (χ2n) is 8.28. The summed E-state index contributed by atoms with van der Waals surface area (Å²) < 4.78 is 1.92. The molecule has 0 aliphatic carbocycles. The van der Waals surface area contributed by atoms with Gasteiger partial charge < -0.3 is 10.6 Å². The van der Waals surface area contributed by atoms with Crippen molar-refractivity contribution < 1.29 is 9.59 Å². The first-order chi connectivity index (χ1) is 13.9. The molecule has 2 heterocycles. The Labute approximate surface area is 173 Å². The fourth-order valence-corrected chi connectivity index (χ4v) is 3.79. The number of benzene rings is 1. The third-order valence-electron chi connectivity index (χ3n) is 5.69. The summed E-state index contributed by atoms with van der Waals surface area (Å²) in [6.07, 6.45) is 4.35. The SMILES string of the molecule is CCc1ccc([C@@H](C)C(=O)NC[C@H]2CCn3ncc(C(=O)NC(C)C)c3C2)cc1. The zero-order valence-electron chi connectivity index (χ0n) is 17.9. The summed E-state index contributed by atoms with van der Waals surface area (Å²) in [5.74, 6) is 0.104. The van der Waals surface area contributed by atoms with Gasteiger partial charge in [-0.2, -0.15) is 5.10 Å². The molecule has 0 saturated carbocycles. The van der Waals surface area contributed by atoms with Crippen molar-refractivity contribution in [3.05, 3.63) is 52.8 Å². The van der Waals surface area contributed by atoms with Crippen LogP contribution in [0.2, 0.25) is 0 Å². The maximum Gasteiger partial charge on any atom is 0.254 e. The monoisotopic (exact) mass is 396 g/mol. The lowest BCUT2D eigenvalue weighted by molar-refractivity contribution is -0.122. The molecule has 1 aliphatic rings. The molecule has 0 radical (unpaired) electrons. The third kappa shape index (κ3) is 5.05. The average molecular weight is 397 g/mol. The van der Waals surface area contributed by atoms with Gasteiger partial charge in [0, 0.05) is 19.1 Å². The molecule has 0 saturated heterocycles. The second-order valence-corrected chi connectivity index (χ2v) is 8.28. The Morgan fingerprint density at radius 2 is 1.93 bits per heavy atom. The molecule has 1 aliphatic heterocycles. The molecule has 1 aromatic carbocycles. The Morgan fingerprint density at radius 1 is 1.21 bits per heavy atom. The minimum Gasteiger partial charge on any atom is -0.355 e. The highest BCUT2D eigenvalue weighted by molar-refractivity contribution is 5.95. The van der Waals surface area contributed by atoms with E-state index in [1.54, 1.807) is 6.20 Å². The molecule has 6 heteroatoms. The Kier molecular flexibility index (Phi) is 6.72. The topological polar surface area (TPSA) is 76.0 Å². The number of hydrogen-bond acceptors (Lipinski definition) is 3. The molecule has 2 amide bonds. The van der Waals surface area contributed by atoms with Crippen LogP contribution in [0.4, 0.5) is 0 Å². The van der Waals surface area contributed by atoms with E-state index in [1.807, 2.05) is 37.6 Å². The first kappa shape index (κ1) is 21.1. The van der Waals surface area contributed by atoms with Crippen molar-refractivity contribution in [2.24, 2.45) is 5.92 Å². The van der Waals surface area contributed by atoms with E-state index in [0.29, 0.717) is 18.0 Å². The van der Waals surface area contributed by atoms with E-state index in [2.05, 4.69) is 34.8 Å². The molecule has 29 heavy (non-hydrogen) atoms. The summed E-state index contributed by atoms with van der Waals surface area (Å²) in [7, 11) is 0. The molecule has 0 unspecified atom stereocenters. The number of aromatic nitrogens is 2. The lowest BCUT2D eigenvalue weighted by Crippen LogP contribution is -2.36. The number of nitrogens with one attached hydrogen (secondary N) is 2. The number of nitrogens with zero attached hydrogens (tertiary/aromatic N) is 2. The van der Waals surface area contributed by atoms with Crippen LogP contribution in [0, 0.1) is 5.92 Å². The van der Waals surface area contributed by atoms with Crippen LogP contribution in [0.15, 0.2) is 30.5 Å². The second kappa shape index (κ2) is 9.25. The van der Waals surface area contributed by atoms with Gasteiger partial charge in [0.1, 0.15) is 0 Å². The quantitative estimate of drug-likeness (QED) is 0.755. The zero-order valence-corrected chi connectivity index (χ0v) is 17.9. The van der Waals surface area contributed by atoms with Gasteiger partial charge in [0.25, 0.3) is 5.91 Å². The standard InChI is InChI=1S/C23H32N4O2/c1-5-17-6-8-19(9-7-17)16(4)22(28)24-13-18-10-11-27-21(12-18)20(14-25-27)23(29)26-15(2)3/h6-9,14-16,18H,5,10-13H2,1-4H3,(H,24,28)(H,26,29)/t16-,18+/m1/s1. The predicted molar refractivity (Wildman–Crippen MR) is 114 cm³/mol. The van der Waals surface area contributed by atoms with Crippen LogP contribution in [-0.2, 0) is 24.2 Å². The molecule has 1 aromatic heterocycles. The lowest BCUT2D eigenvalue weighted by Gasteiger charge is -2.25. The smallest absolute Gasteiger partial charge is 0.254 e. The van der Waals surface area contributed by atoms with E-state index in [0.717, 1.165) is 37.1 Å². The van der Waals surface area contributed by atoms with Crippen LogP contribution in [-0.4, -0.2) is 34.2 Å². The van der Waals surface area contributed by atoms with Crippen LogP contribution in [0.3, 0.4) is 0 Å². The molecule has 2 N–H and O–H groups in total. The normalized spacial score (nSPS) is 16.9. The zero-order chi connectivity index (χ0) is 21.0. The van der Waals surface area contributed by atoms with Crippen LogP contribution in [0.25, 0.3) is 0 Å². The first-order valence-corrected chi connectivity index (χ1v) is 10.6. The van der Waals surface area contributed by atoms with Crippen molar-refractivity contribution in [2.45, 2.75) is 65.5 Å². The highest BCUT2D eigenvalue weighted by Gasteiger charge is 2.26. The van der Waals surface area contributed by atoms with Crippen LogP contribution < -0.4 is 10.6 Å². The number of rotatable bonds is 7. The molecule has 2 atom stereocenters. The highest BCUT2D eigenvalue weighted by atomic mass is 16.2. The summed E-state index contributed by atoms with van der Waals surface area (Å²) in [6.45, 7) is 9.36. The maximum absolute atomic E-state index is 12.6. The van der Waals surface area contributed by atoms with Crippen molar-refractivity contribution in [3.63, 3.8) is 0 Å². The Hall–Kier alpha value is -2.63. The molecule has 0 bridgehead atoms. The summed E-state index contributed by atoms with van der Waals surface area (Å²) in [5, 5.41) is 10.4. The third-order valence-corrected chi connectivity index (χ3v) is 5.69. The van der Waals surface area contributed by atoms with E-state index in [1.165, 1.54) is 5.56 Å². The van der Waals surface area contributed by atoms with E-state index in [-0.39, 0.29) is 23.8 Å². The summed E-state index contributed by atoms with van der Waals surface area (Å²) in [6, 6.07) is 8.35.